The van der Waals surface area contributed by atoms with E-state index in [1.54, 1.807) is 78.9 Å². The summed E-state index contributed by atoms with van der Waals surface area (Å²) >= 11 is 22.4. The standard InChI is InChI=1S/C24H27ClFN5O3.C14H20ClFN2O.C10H9Cl2FO.C10H9N3O3.C5H13N.CH2O3.2K.H/c1-3-7-15(2)30(13-20(32)28-12-16-8-6-10-18(25)22(16)26)21(33)14-31-19-11-5-4-9-17(19)23(29-31)24(27)34;1-3-5-10(2)17-9-13(19)18-8-11-6-4-7-12(15)14(11)16;11-6-8(14)5-4-7-2-1-3-9(12)10(7)13;11-10(16)9-6-3-1-2-4-7(6)13(12-9)5-8(14)15;1-3-4-5(2)6;2-1-4-3;;;/h4-6,8-11,15H,3,7,12-14H2,1-2H3,(H2,27,34)(H,28,32);4,6-7,10,17H,3,5,8-9H2,1-2H3,(H,18,19);1-3H,4-6H2;1-4H,5H2,(H2,11,16)(H,14,15);5H,3-4,6H2,1-2H3;1,3H;;;/q;;;;;;2*+1;-1/p-1/t15-;10-;;;5-;;;;/m00..0..../s1. The van der Waals surface area contributed by atoms with Crippen molar-refractivity contribution in [2.45, 2.75) is 137 Å². The number of fused-ring (bicyclic) bond motifs is 2. The minimum absolute atomic E-state index is 0. The molecule has 5 aromatic carbocycles. The van der Waals surface area contributed by atoms with Gasteiger partial charge >= 0.3 is 109 Å². The molecule has 2 heterocycles. The van der Waals surface area contributed by atoms with Crippen LogP contribution in [0.15, 0.2) is 103 Å². The molecule has 0 aliphatic heterocycles. The van der Waals surface area contributed by atoms with Gasteiger partial charge in [-0.25, -0.2) is 13.2 Å². The summed E-state index contributed by atoms with van der Waals surface area (Å²) in [5, 5.41) is 34.9. The van der Waals surface area contributed by atoms with Crippen LogP contribution in [0.4, 0.5) is 13.2 Å². The second-order valence-corrected chi connectivity index (χ2v) is 22.2. The first-order valence-corrected chi connectivity index (χ1v) is 31.0. The van der Waals surface area contributed by atoms with Crippen molar-refractivity contribution in [1.82, 2.24) is 40.4 Å². The quantitative estimate of drug-likeness (QED) is 0.0128. The van der Waals surface area contributed by atoms with Gasteiger partial charge in [0.25, 0.3) is 18.3 Å². The van der Waals surface area contributed by atoms with E-state index in [0.717, 1.165) is 25.7 Å². The maximum Gasteiger partial charge on any atom is 1.00 e. The number of rotatable bonds is 27. The van der Waals surface area contributed by atoms with Crippen LogP contribution >= 0.6 is 46.4 Å². The molecule has 7 aromatic rings. The van der Waals surface area contributed by atoms with E-state index in [1.807, 2.05) is 27.7 Å². The summed E-state index contributed by atoms with van der Waals surface area (Å²) in [5.41, 5.74) is 18.5. The largest absolute Gasteiger partial charge is 1.00 e. The van der Waals surface area contributed by atoms with Crippen molar-refractivity contribution in [1.29, 1.82) is 0 Å². The van der Waals surface area contributed by atoms with Crippen molar-refractivity contribution in [3.05, 3.63) is 164 Å². The van der Waals surface area contributed by atoms with Crippen LogP contribution in [0, 0.1) is 17.5 Å². The maximum absolute atomic E-state index is 14.1. The van der Waals surface area contributed by atoms with Crippen molar-refractivity contribution in [3.8, 4) is 0 Å². The van der Waals surface area contributed by atoms with E-state index in [4.69, 9.17) is 78.8 Å². The number of alkyl halides is 1. The van der Waals surface area contributed by atoms with Crippen molar-refractivity contribution in [2.75, 3.05) is 19.0 Å². The zero-order chi connectivity index (χ0) is 69.7. The van der Waals surface area contributed by atoms with Crippen molar-refractivity contribution in [2.24, 2.45) is 17.2 Å². The first-order valence-electron chi connectivity index (χ1n) is 29.3. The molecule has 508 valence electrons. The predicted molar refractivity (Wildman–Crippen MR) is 351 cm³/mol. The third kappa shape index (κ3) is 33.0. The first-order chi connectivity index (χ1) is 44.2. The molecule has 3 atom stereocenters. The number of Topliss-reactive ketones (excluding diaryl/α,β-unsaturated/α-hetero) is 1. The number of para-hydroxylation sites is 2. The Morgan fingerprint density at radius 3 is 1.48 bits per heavy atom. The van der Waals surface area contributed by atoms with Crippen molar-refractivity contribution in [3.63, 3.8) is 0 Å². The Bertz CT molecular complexity index is 3580. The Morgan fingerprint density at radius 2 is 1.08 bits per heavy atom. The summed E-state index contributed by atoms with van der Waals surface area (Å²) in [6, 6.07) is 28.4. The number of aryl methyl sites for hydroxylation is 1. The summed E-state index contributed by atoms with van der Waals surface area (Å²) in [7, 11) is 0. The van der Waals surface area contributed by atoms with Crippen LogP contribution in [0.1, 0.15) is 126 Å². The summed E-state index contributed by atoms with van der Waals surface area (Å²) in [4.78, 5) is 94.6. The number of halogens is 7. The molecule has 0 saturated carbocycles. The summed E-state index contributed by atoms with van der Waals surface area (Å²) in [5.74, 6) is -4.93. The molecular formula is C64H80Cl4F3K2N11O11. The van der Waals surface area contributed by atoms with Gasteiger partial charge in [-0.1, -0.05) is 148 Å². The number of amides is 5. The predicted octanol–water partition coefficient (Wildman–Crippen LogP) is 3.26. The van der Waals surface area contributed by atoms with Gasteiger partial charge in [-0.05, 0) is 82.3 Å². The van der Waals surface area contributed by atoms with Gasteiger partial charge in [-0.15, -0.1) is 11.6 Å². The van der Waals surface area contributed by atoms with Gasteiger partial charge in [0.05, 0.1) is 45.1 Å². The number of hydrogen-bond acceptors (Lipinski definition) is 14. The third-order valence-electron chi connectivity index (χ3n) is 13.2. The van der Waals surface area contributed by atoms with Gasteiger partial charge in [-0.2, -0.15) is 10.2 Å². The number of carboxylic acid groups (broad SMARTS) is 1. The number of aromatic nitrogens is 4. The Balaban J connectivity index is 0. The van der Waals surface area contributed by atoms with Gasteiger partial charge in [0.2, 0.25) is 17.7 Å². The van der Waals surface area contributed by atoms with E-state index in [9.17, 15) is 46.7 Å². The molecule has 0 unspecified atom stereocenters. The van der Waals surface area contributed by atoms with Gasteiger partial charge in [0.1, 0.15) is 36.3 Å². The van der Waals surface area contributed by atoms with Crippen LogP contribution in [0.2, 0.25) is 15.1 Å². The topological polar surface area (TPSA) is 342 Å². The second-order valence-electron chi connectivity index (χ2n) is 20.7. The normalized spacial score (nSPS) is 11.1. The summed E-state index contributed by atoms with van der Waals surface area (Å²) in [6.45, 7) is 11.6. The number of hydrogen-bond donors (Lipinski definition) is 7. The molecule has 0 radical (unpaired) electrons. The average Bonchev–Trinajstić information content (AvgIpc) is 1.72. The van der Waals surface area contributed by atoms with E-state index in [0.29, 0.717) is 57.9 Å². The van der Waals surface area contributed by atoms with E-state index in [-0.39, 0.29) is 218 Å². The van der Waals surface area contributed by atoms with Gasteiger partial charge in [-0.3, -0.25) is 47.7 Å². The SMILES string of the molecule is CCC[C@H](C)N.CCC[C@H](C)N(CC(=O)NCc1cccc(Cl)c1F)C(=O)Cn1nc(C(N)=O)c2ccccc21.CCC[C@H](C)NCC(=O)NCc1cccc(Cl)c1F.NC(=O)c1nn(CC(=O)O)c2ccccc12.O=C(CCl)CCc1cccc(Cl)c1F.O=CO[O-].[H-].[K+].[K+]. The number of nitrogens with one attached hydrogen (secondary N) is 3. The van der Waals surface area contributed by atoms with Gasteiger partial charge in [0, 0.05) is 59.5 Å². The van der Waals surface area contributed by atoms with Crippen molar-refractivity contribution < 1.29 is 171 Å². The minimum atomic E-state index is -1.02. The van der Waals surface area contributed by atoms with Crippen LogP contribution in [0.5, 0.6) is 0 Å². The summed E-state index contributed by atoms with van der Waals surface area (Å²) in [6.07, 6.45) is 6.56. The fraction of sp³-hybridized carbons (Fsp3) is 0.375. The Morgan fingerprint density at radius 1 is 0.663 bits per heavy atom. The zero-order valence-corrected chi connectivity index (χ0v) is 63.6. The number of aliphatic carboxylic acids is 1. The van der Waals surface area contributed by atoms with Crippen LogP contribution < -0.4 is 141 Å². The van der Waals surface area contributed by atoms with Crippen LogP contribution in [-0.2, 0) is 66.3 Å². The second kappa shape index (κ2) is 49.6. The molecule has 95 heavy (non-hydrogen) atoms. The van der Waals surface area contributed by atoms with Gasteiger partial charge < -0.3 is 54.7 Å². The Hall–Kier alpha value is -4.90. The molecule has 0 saturated heterocycles. The fourth-order valence-corrected chi connectivity index (χ4v) is 9.36. The number of primary amides is 2. The average molecular weight is 1460 g/mol. The van der Waals surface area contributed by atoms with E-state index < -0.39 is 41.1 Å². The van der Waals surface area contributed by atoms with Crippen LogP contribution in [0.3, 0.4) is 0 Å². The van der Waals surface area contributed by atoms with E-state index >= 15 is 0 Å². The molecule has 0 bridgehead atoms. The van der Waals surface area contributed by atoms with E-state index in [2.05, 4.69) is 44.9 Å². The molecule has 0 aliphatic rings. The molecule has 22 nitrogen and oxygen atoms in total. The molecular weight excluding hydrogens is 1380 g/mol. The molecule has 31 heteroatoms. The Kier molecular flexibility index (Phi) is 47.0. The first kappa shape index (κ1) is 90.1. The molecule has 0 fully saturated rings. The number of nitrogens with zero attached hydrogens (tertiary/aromatic N) is 5. The van der Waals surface area contributed by atoms with Crippen LogP contribution in [-0.4, -0.2) is 114 Å². The summed E-state index contributed by atoms with van der Waals surface area (Å²) < 4.78 is 43.6. The molecule has 5 amide bonds. The monoisotopic (exact) mass is 1450 g/mol. The molecule has 0 aliphatic carbocycles. The number of benzene rings is 5. The molecule has 0 spiro atoms. The number of carbonyl (C=O) groups excluding carboxylic acids is 7. The number of carbonyl (C=O) groups is 8. The van der Waals surface area contributed by atoms with Crippen LogP contribution in [0.25, 0.3) is 21.8 Å². The minimum Gasteiger partial charge on any atom is -1.00 e. The zero-order valence-electron chi connectivity index (χ0n) is 55.4. The molecule has 7 rings (SSSR count). The number of carboxylic acids is 1. The third-order valence-corrected chi connectivity index (χ3v) is 14.4. The Labute approximate surface area is 656 Å². The van der Waals surface area contributed by atoms with Crippen molar-refractivity contribution >= 4 is 116 Å². The fourth-order valence-electron chi connectivity index (χ4n) is 8.64. The van der Waals surface area contributed by atoms with E-state index in [1.165, 1.54) is 44.9 Å². The number of nitrogens with two attached hydrogens (primary N) is 3. The number of ketones is 1. The maximum atomic E-state index is 14.1. The smallest absolute Gasteiger partial charge is 1.00 e. The molecule has 10 N–H and O–H groups in total. The molecule has 2 aromatic heterocycles. The van der Waals surface area contributed by atoms with Gasteiger partial charge in [0.15, 0.2) is 11.4 Å².